The maximum Gasteiger partial charge on any atom is 0.251 e. The smallest absolute Gasteiger partial charge is 0.251 e. The second kappa shape index (κ2) is 6.73. The molecular weight excluding hydrogens is 290 g/mol. The molecular formula is C19H21NO3. The number of rotatable bonds is 4. The fourth-order valence-electron chi connectivity index (χ4n) is 2.80. The van der Waals surface area contributed by atoms with Gasteiger partial charge >= 0.3 is 0 Å². The Balaban J connectivity index is 1.79. The van der Waals surface area contributed by atoms with Crippen LogP contribution in [0.25, 0.3) is 0 Å². The molecule has 1 N–H and O–H groups in total. The Morgan fingerprint density at radius 3 is 2.61 bits per heavy atom. The van der Waals surface area contributed by atoms with Crippen LogP contribution in [0.4, 0.5) is 0 Å². The van der Waals surface area contributed by atoms with Gasteiger partial charge in [0.2, 0.25) is 0 Å². The SMILES string of the molecule is CC[C@@H](NC(=O)c1ccc2c(c1)OCCO2)c1ccccc1C. The van der Waals surface area contributed by atoms with Crippen molar-refractivity contribution < 1.29 is 14.3 Å². The minimum absolute atomic E-state index is 0.00287. The molecule has 4 nitrogen and oxygen atoms in total. The summed E-state index contributed by atoms with van der Waals surface area (Å²) in [5, 5.41) is 3.11. The standard InChI is InChI=1S/C19H21NO3/c1-3-16(15-7-5-4-6-13(15)2)20-19(21)14-8-9-17-18(12-14)23-11-10-22-17/h4-9,12,16H,3,10-11H2,1-2H3,(H,20,21)/t16-/m1/s1. The molecule has 1 atom stereocenters. The third kappa shape index (κ3) is 3.31. The fraction of sp³-hybridized carbons (Fsp3) is 0.316. The summed E-state index contributed by atoms with van der Waals surface area (Å²) in [4.78, 5) is 12.6. The zero-order chi connectivity index (χ0) is 16.2. The van der Waals surface area contributed by atoms with E-state index < -0.39 is 0 Å². The minimum Gasteiger partial charge on any atom is -0.486 e. The van der Waals surface area contributed by atoms with E-state index >= 15 is 0 Å². The molecule has 0 bridgehead atoms. The third-order valence-corrected chi connectivity index (χ3v) is 4.08. The second-order valence-corrected chi connectivity index (χ2v) is 5.65. The zero-order valence-corrected chi connectivity index (χ0v) is 13.5. The summed E-state index contributed by atoms with van der Waals surface area (Å²) in [5.41, 5.74) is 2.92. The molecule has 0 unspecified atom stereocenters. The van der Waals surface area contributed by atoms with Gasteiger partial charge in [0.1, 0.15) is 13.2 Å². The van der Waals surface area contributed by atoms with Crippen LogP contribution in [0.2, 0.25) is 0 Å². The van der Waals surface area contributed by atoms with Crippen LogP contribution < -0.4 is 14.8 Å². The van der Waals surface area contributed by atoms with E-state index in [0.29, 0.717) is 30.3 Å². The van der Waals surface area contributed by atoms with Crippen LogP contribution >= 0.6 is 0 Å². The number of nitrogens with one attached hydrogen (secondary N) is 1. The van der Waals surface area contributed by atoms with Gasteiger partial charge < -0.3 is 14.8 Å². The van der Waals surface area contributed by atoms with E-state index in [9.17, 15) is 4.79 Å². The van der Waals surface area contributed by atoms with Gasteiger partial charge in [-0.2, -0.15) is 0 Å². The van der Waals surface area contributed by atoms with Crippen LogP contribution in [-0.4, -0.2) is 19.1 Å². The molecule has 0 fully saturated rings. The van der Waals surface area contributed by atoms with Crippen LogP contribution in [0.3, 0.4) is 0 Å². The van der Waals surface area contributed by atoms with E-state index in [0.717, 1.165) is 12.0 Å². The lowest BCUT2D eigenvalue weighted by molar-refractivity contribution is 0.0934. The zero-order valence-electron chi connectivity index (χ0n) is 13.5. The summed E-state index contributed by atoms with van der Waals surface area (Å²) in [5.74, 6) is 1.23. The first-order chi connectivity index (χ1) is 11.2. The van der Waals surface area contributed by atoms with Gasteiger partial charge in [-0.25, -0.2) is 0 Å². The third-order valence-electron chi connectivity index (χ3n) is 4.08. The first-order valence-corrected chi connectivity index (χ1v) is 7.95. The summed E-state index contributed by atoms with van der Waals surface area (Å²) in [6, 6.07) is 13.4. The van der Waals surface area contributed by atoms with Crippen molar-refractivity contribution in [1.82, 2.24) is 5.32 Å². The van der Waals surface area contributed by atoms with Crippen molar-refractivity contribution in [3.63, 3.8) is 0 Å². The van der Waals surface area contributed by atoms with Crippen molar-refractivity contribution in [1.29, 1.82) is 0 Å². The number of ether oxygens (including phenoxy) is 2. The summed E-state index contributed by atoms with van der Waals surface area (Å²) in [7, 11) is 0. The molecule has 1 heterocycles. The van der Waals surface area contributed by atoms with Gasteiger partial charge in [0.15, 0.2) is 11.5 Å². The molecule has 23 heavy (non-hydrogen) atoms. The maximum absolute atomic E-state index is 12.6. The Morgan fingerprint density at radius 2 is 1.87 bits per heavy atom. The van der Waals surface area contributed by atoms with E-state index in [2.05, 4.69) is 31.3 Å². The quantitative estimate of drug-likeness (QED) is 0.937. The molecule has 0 aliphatic carbocycles. The topological polar surface area (TPSA) is 47.6 Å². The molecule has 1 aliphatic rings. The van der Waals surface area contributed by atoms with Crippen molar-refractivity contribution in [3.8, 4) is 11.5 Å². The molecule has 0 saturated heterocycles. The number of aryl methyl sites for hydroxylation is 1. The lowest BCUT2D eigenvalue weighted by atomic mass is 9.99. The minimum atomic E-state index is -0.0999. The predicted octanol–water partition coefficient (Wildman–Crippen LogP) is 3.65. The normalized spacial score (nSPS) is 14.2. The highest BCUT2D eigenvalue weighted by Gasteiger charge is 2.18. The van der Waals surface area contributed by atoms with Crippen LogP contribution in [0.5, 0.6) is 11.5 Å². The number of amides is 1. The van der Waals surface area contributed by atoms with E-state index in [4.69, 9.17) is 9.47 Å². The van der Waals surface area contributed by atoms with Gasteiger partial charge in [-0.3, -0.25) is 4.79 Å². The van der Waals surface area contributed by atoms with Gasteiger partial charge in [-0.1, -0.05) is 31.2 Å². The van der Waals surface area contributed by atoms with Gasteiger partial charge in [0.25, 0.3) is 5.91 Å². The molecule has 2 aromatic rings. The Bertz CT molecular complexity index is 712. The summed E-state index contributed by atoms with van der Waals surface area (Å²) >= 11 is 0. The highest BCUT2D eigenvalue weighted by molar-refractivity contribution is 5.95. The summed E-state index contributed by atoms with van der Waals surface area (Å²) in [6.45, 7) is 5.19. The molecule has 0 radical (unpaired) electrons. The molecule has 2 aromatic carbocycles. The first-order valence-electron chi connectivity index (χ1n) is 7.95. The van der Waals surface area contributed by atoms with Crippen LogP contribution in [0.15, 0.2) is 42.5 Å². The van der Waals surface area contributed by atoms with Crippen LogP contribution in [0.1, 0.15) is 40.9 Å². The van der Waals surface area contributed by atoms with Gasteiger partial charge in [0, 0.05) is 5.56 Å². The molecule has 120 valence electrons. The predicted molar refractivity (Wildman–Crippen MR) is 89.1 cm³/mol. The Morgan fingerprint density at radius 1 is 1.13 bits per heavy atom. The van der Waals surface area contributed by atoms with E-state index in [1.165, 1.54) is 5.56 Å². The second-order valence-electron chi connectivity index (χ2n) is 5.65. The maximum atomic E-state index is 12.6. The van der Waals surface area contributed by atoms with Crippen LogP contribution in [0, 0.1) is 6.92 Å². The van der Waals surface area contributed by atoms with Crippen molar-refractivity contribution in [2.24, 2.45) is 0 Å². The number of fused-ring (bicyclic) bond motifs is 1. The molecule has 4 heteroatoms. The molecule has 3 rings (SSSR count). The molecule has 0 spiro atoms. The Kier molecular flexibility index (Phi) is 4.51. The number of hydrogen-bond acceptors (Lipinski definition) is 3. The number of benzene rings is 2. The number of carbonyl (C=O) groups excluding carboxylic acids is 1. The average molecular weight is 311 g/mol. The van der Waals surface area contributed by atoms with Crippen molar-refractivity contribution in [2.45, 2.75) is 26.3 Å². The summed E-state index contributed by atoms with van der Waals surface area (Å²) in [6.07, 6.45) is 0.834. The van der Waals surface area contributed by atoms with Crippen molar-refractivity contribution in [3.05, 3.63) is 59.2 Å². The molecule has 0 aromatic heterocycles. The largest absolute Gasteiger partial charge is 0.486 e. The Labute approximate surface area is 136 Å². The van der Waals surface area contributed by atoms with Gasteiger partial charge in [-0.15, -0.1) is 0 Å². The van der Waals surface area contributed by atoms with Gasteiger partial charge in [0.05, 0.1) is 6.04 Å². The van der Waals surface area contributed by atoms with Crippen LogP contribution in [-0.2, 0) is 0 Å². The molecule has 1 amide bonds. The van der Waals surface area contributed by atoms with Crippen molar-refractivity contribution in [2.75, 3.05) is 13.2 Å². The van der Waals surface area contributed by atoms with E-state index in [1.54, 1.807) is 18.2 Å². The van der Waals surface area contributed by atoms with Crippen molar-refractivity contribution >= 4 is 5.91 Å². The highest BCUT2D eigenvalue weighted by atomic mass is 16.6. The Hall–Kier alpha value is -2.49. The average Bonchev–Trinajstić information content (AvgIpc) is 2.59. The highest BCUT2D eigenvalue weighted by Crippen LogP contribution is 2.31. The first kappa shape index (κ1) is 15.4. The monoisotopic (exact) mass is 311 g/mol. The van der Waals surface area contributed by atoms with Gasteiger partial charge in [-0.05, 0) is 42.7 Å². The summed E-state index contributed by atoms with van der Waals surface area (Å²) < 4.78 is 11.0. The fourth-order valence-corrected chi connectivity index (χ4v) is 2.80. The van der Waals surface area contributed by atoms with E-state index in [1.807, 2.05) is 12.1 Å². The molecule has 0 saturated carbocycles. The lowest BCUT2D eigenvalue weighted by Gasteiger charge is -2.21. The lowest BCUT2D eigenvalue weighted by Crippen LogP contribution is -2.28. The molecule has 1 aliphatic heterocycles. The van der Waals surface area contributed by atoms with E-state index in [-0.39, 0.29) is 11.9 Å². The number of carbonyl (C=O) groups is 1. The number of hydrogen-bond donors (Lipinski definition) is 1.